The Labute approximate surface area is 119 Å². The molecule has 1 aliphatic rings. The molecule has 1 heterocycles. The van der Waals surface area contributed by atoms with E-state index in [0.717, 1.165) is 19.6 Å². The number of nitrogens with one attached hydrogen (secondary N) is 1. The van der Waals surface area contributed by atoms with Crippen molar-refractivity contribution in [3.8, 4) is 0 Å². The van der Waals surface area contributed by atoms with Crippen LogP contribution in [0.5, 0.6) is 0 Å². The SMILES string of the molecule is CCNC(Cc1c(F)cccc1Cl)C1COC(C)C1. The van der Waals surface area contributed by atoms with Gasteiger partial charge in [-0.25, -0.2) is 4.39 Å². The van der Waals surface area contributed by atoms with E-state index in [9.17, 15) is 4.39 Å². The summed E-state index contributed by atoms with van der Waals surface area (Å²) in [4.78, 5) is 0. The van der Waals surface area contributed by atoms with Crippen molar-refractivity contribution in [1.29, 1.82) is 0 Å². The highest BCUT2D eigenvalue weighted by atomic mass is 35.5. The molecule has 3 atom stereocenters. The third-order valence-corrected chi connectivity index (χ3v) is 4.10. The van der Waals surface area contributed by atoms with Crippen LogP contribution in [0, 0.1) is 11.7 Å². The fourth-order valence-corrected chi connectivity index (χ4v) is 2.99. The summed E-state index contributed by atoms with van der Waals surface area (Å²) in [5.41, 5.74) is 0.606. The van der Waals surface area contributed by atoms with Crippen LogP contribution < -0.4 is 5.32 Å². The first-order chi connectivity index (χ1) is 9.11. The topological polar surface area (TPSA) is 21.3 Å². The van der Waals surface area contributed by atoms with Crippen LogP contribution in [0.25, 0.3) is 0 Å². The minimum Gasteiger partial charge on any atom is -0.378 e. The molecule has 3 unspecified atom stereocenters. The Morgan fingerprint density at radius 1 is 1.53 bits per heavy atom. The maximum Gasteiger partial charge on any atom is 0.127 e. The van der Waals surface area contributed by atoms with Crippen LogP contribution in [-0.2, 0) is 11.2 Å². The van der Waals surface area contributed by atoms with Crippen LogP contribution in [0.1, 0.15) is 25.8 Å². The molecule has 0 aromatic heterocycles. The predicted molar refractivity (Wildman–Crippen MR) is 76.1 cm³/mol. The summed E-state index contributed by atoms with van der Waals surface area (Å²) in [6, 6.07) is 5.07. The number of likely N-dealkylation sites (N-methyl/N-ethyl adjacent to an activating group) is 1. The summed E-state index contributed by atoms with van der Waals surface area (Å²) in [5.74, 6) is 0.202. The summed E-state index contributed by atoms with van der Waals surface area (Å²) in [5, 5.41) is 3.95. The zero-order valence-corrected chi connectivity index (χ0v) is 12.2. The van der Waals surface area contributed by atoms with Crippen molar-refractivity contribution in [3.63, 3.8) is 0 Å². The van der Waals surface area contributed by atoms with Crippen molar-refractivity contribution < 1.29 is 9.13 Å². The highest BCUT2D eigenvalue weighted by molar-refractivity contribution is 6.31. The van der Waals surface area contributed by atoms with Gasteiger partial charge in [-0.15, -0.1) is 0 Å². The molecule has 2 rings (SSSR count). The second kappa shape index (κ2) is 6.69. The van der Waals surface area contributed by atoms with E-state index < -0.39 is 0 Å². The molecule has 1 aliphatic heterocycles. The third-order valence-electron chi connectivity index (χ3n) is 3.75. The molecule has 0 saturated carbocycles. The van der Waals surface area contributed by atoms with Crippen molar-refractivity contribution in [2.75, 3.05) is 13.2 Å². The quantitative estimate of drug-likeness (QED) is 0.895. The Hall–Kier alpha value is -0.640. The number of hydrogen-bond acceptors (Lipinski definition) is 2. The van der Waals surface area contributed by atoms with E-state index in [1.165, 1.54) is 6.07 Å². The van der Waals surface area contributed by atoms with Crippen LogP contribution in [0.15, 0.2) is 18.2 Å². The molecule has 0 amide bonds. The van der Waals surface area contributed by atoms with E-state index in [-0.39, 0.29) is 11.9 Å². The fourth-order valence-electron chi connectivity index (χ4n) is 2.75. The molecule has 1 fully saturated rings. The van der Waals surface area contributed by atoms with Gasteiger partial charge in [-0.1, -0.05) is 24.6 Å². The Morgan fingerprint density at radius 2 is 2.32 bits per heavy atom. The van der Waals surface area contributed by atoms with Gasteiger partial charge in [-0.05, 0) is 38.4 Å². The lowest BCUT2D eigenvalue weighted by atomic mass is 9.91. The first-order valence-electron chi connectivity index (χ1n) is 6.89. The Balaban J connectivity index is 2.12. The first-order valence-corrected chi connectivity index (χ1v) is 7.27. The Bertz CT molecular complexity index is 406. The molecular formula is C15H21ClFNO. The van der Waals surface area contributed by atoms with Gasteiger partial charge in [0, 0.05) is 22.5 Å². The molecule has 0 aliphatic carbocycles. The summed E-state index contributed by atoms with van der Waals surface area (Å²) in [6.45, 7) is 5.75. The summed E-state index contributed by atoms with van der Waals surface area (Å²) in [6.07, 6.45) is 1.92. The average Bonchev–Trinajstić information content (AvgIpc) is 2.79. The first kappa shape index (κ1) is 14.8. The highest BCUT2D eigenvalue weighted by Crippen LogP contribution is 2.27. The molecule has 0 bridgehead atoms. The summed E-state index contributed by atoms with van der Waals surface area (Å²) < 4.78 is 19.5. The number of rotatable bonds is 5. The lowest BCUT2D eigenvalue weighted by molar-refractivity contribution is 0.117. The van der Waals surface area contributed by atoms with Crippen molar-refractivity contribution in [2.45, 2.75) is 38.8 Å². The van der Waals surface area contributed by atoms with Crippen LogP contribution in [0.3, 0.4) is 0 Å². The molecule has 19 heavy (non-hydrogen) atoms. The Morgan fingerprint density at radius 3 is 2.89 bits per heavy atom. The zero-order chi connectivity index (χ0) is 13.8. The number of ether oxygens (including phenoxy) is 1. The molecule has 2 nitrogen and oxygen atoms in total. The average molecular weight is 286 g/mol. The predicted octanol–water partition coefficient (Wildman–Crippen LogP) is 3.42. The largest absolute Gasteiger partial charge is 0.378 e. The highest BCUT2D eigenvalue weighted by Gasteiger charge is 2.30. The van der Waals surface area contributed by atoms with Crippen molar-refractivity contribution in [3.05, 3.63) is 34.6 Å². The van der Waals surface area contributed by atoms with Gasteiger partial charge in [-0.2, -0.15) is 0 Å². The summed E-state index contributed by atoms with van der Waals surface area (Å²) >= 11 is 6.11. The second-order valence-corrected chi connectivity index (χ2v) is 5.62. The third kappa shape index (κ3) is 3.68. The van der Waals surface area contributed by atoms with Crippen LogP contribution in [0.2, 0.25) is 5.02 Å². The van der Waals surface area contributed by atoms with Gasteiger partial charge < -0.3 is 10.1 Å². The van der Waals surface area contributed by atoms with Gasteiger partial charge in [0.15, 0.2) is 0 Å². The van der Waals surface area contributed by atoms with Crippen LogP contribution >= 0.6 is 11.6 Å². The molecule has 1 aromatic carbocycles. The lowest BCUT2D eigenvalue weighted by Gasteiger charge is -2.24. The molecule has 1 saturated heterocycles. The van der Waals surface area contributed by atoms with E-state index >= 15 is 0 Å². The van der Waals surface area contributed by atoms with Gasteiger partial charge in [0.05, 0.1) is 12.7 Å². The number of benzene rings is 1. The van der Waals surface area contributed by atoms with E-state index in [0.29, 0.717) is 29.0 Å². The molecular weight excluding hydrogens is 265 g/mol. The minimum atomic E-state index is -0.220. The molecule has 1 N–H and O–H groups in total. The smallest absolute Gasteiger partial charge is 0.127 e. The normalized spacial score (nSPS) is 24.6. The van der Waals surface area contributed by atoms with Gasteiger partial charge in [0.25, 0.3) is 0 Å². The van der Waals surface area contributed by atoms with Gasteiger partial charge in [0.2, 0.25) is 0 Å². The minimum absolute atomic E-state index is 0.212. The molecule has 106 valence electrons. The van der Waals surface area contributed by atoms with E-state index in [1.807, 2.05) is 0 Å². The monoisotopic (exact) mass is 285 g/mol. The molecule has 1 aromatic rings. The number of halogens is 2. The molecule has 4 heteroatoms. The molecule has 0 spiro atoms. The lowest BCUT2D eigenvalue weighted by Crippen LogP contribution is -2.38. The van der Waals surface area contributed by atoms with Gasteiger partial charge in [0.1, 0.15) is 5.82 Å². The Kier molecular flexibility index (Phi) is 5.20. The van der Waals surface area contributed by atoms with Crippen molar-refractivity contribution >= 4 is 11.6 Å². The maximum atomic E-state index is 13.9. The summed E-state index contributed by atoms with van der Waals surface area (Å²) in [7, 11) is 0. The van der Waals surface area contributed by atoms with Crippen LogP contribution in [-0.4, -0.2) is 25.3 Å². The second-order valence-electron chi connectivity index (χ2n) is 5.21. The number of hydrogen-bond donors (Lipinski definition) is 1. The fraction of sp³-hybridized carbons (Fsp3) is 0.600. The van der Waals surface area contributed by atoms with Crippen LogP contribution in [0.4, 0.5) is 4.39 Å². The maximum absolute atomic E-state index is 13.9. The van der Waals surface area contributed by atoms with Crippen molar-refractivity contribution in [2.24, 2.45) is 5.92 Å². The van der Waals surface area contributed by atoms with E-state index in [2.05, 4.69) is 19.2 Å². The molecule has 0 radical (unpaired) electrons. The van der Waals surface area contributed by atoms with E-state index in [1.54, 1.807) is 12.1 Å². The zero-order valence-electron chi connectivity index (χ0n) is 11.5. The standard InChI is InChI=1S/C15H21ClFNO/c1-3-18-15(11-7-10(2)19-9-11)8-12-13(16)5-4-6-14(12)17/h4-6,10-11,15,18H,3,7-9H2,1-2H3. The van der Waals surface area contributed by atoms with Gasteiger partial charge in [-0.3, -0.25) is 0 Å². The van der Waals surface area contributed by atoms with Crippen molar-refractivity contribution in [1.82, 2.24) is 5.32 Å². The van der Waals surface area contributed by atoms with Gasteiger partial charge >= 0.3 is 0 Å². The van der Waals surface area contributed by atoms with E-state index in [4.69, 9.17) is 16.3 Å².